The molecule has 6 heteroatoms. The fourth-order valence-corrected chi connectivity index (χ4v) is 3.78. The smallest absolute Gasteiger partial charge is 0.231 e. The van der Waals surface area contributed by atoms with Crippen molar-refractivity contribution in [2.45, 2.75) is 4.90 Å². The number of ether oxygens (including phenoxy) is 2. The van der Waals surface area contributed by atoms with E-state index in [1.807, 2.05) is 18.2 Å². The van der Waals surface area contributed by atoms with Gasteiger partial charge in [0.15, 0.2) is 16.6 Å². The lowest BCUT2D eigenvalue weighted by Crippen LogP contribution is -1.93. The Morgan fingerprint density at radius 2 is 2.10 bits per heavy atom. The molecule has 21 heavy (non-hydrogen) atoms. The number of thioether (sulfide) groups is 1. The maximum atomic E-state index is 5.39. The molecule has 1 N–H and O–H groups in total. The molecule has 0 unspecified atom stereocenters. The van der Waals surface area contributed by atoms with Crippen LogP contribution in [0.1, 0.15) is 0 Å². The molecule has 3 aromatic rings. The van der Waals surface area contributed by atoms with Gasteiger partial charge in [0.1, 0.15) is 0 Å². The van der Waals surface area contributed by atoms with E-state index in [1.165, 1.54) is 9.60 Å². The molecular formula is C15H12N2O2S2. The van der Waals surface area contributed by atoms with Gasteiger partial charge in [-0.2, -0.15) is 0 Å². The summed E-state index contributed by atoms with van der Waals surface area (Å²) in [6.07, 6.45) is 2.07. The number of anilines is 2. The summed E-state index contributed by atoms with van der Waals surface area (Å²) in [4.78, 5) is 5.88. The van der Waals surface area contributed by atoms with E-state index in [-0.39, 0.29) is 6.79 Å². The summed E-state index contributed by atoms with van der Waals surface area (Å²) in [6, 6.07) is 12.1. The van der Waals surface area contributed by atoms with Crippen LogP contribution in [-0.2, 0) is 0 Å². The first-order valence-electron chi connectivity index (χ1n) is 6.44. The number of hydrogen-bond donors (Lipinski definition) is 1. The highest BCUT2D eigenvalue weighted by atomic mass is 32.2. The third kappa shape index (κ3) is 2.30. The summed E-state index contributed by atoms with van der Waals surface area (Å²) < 4.78 is 11.9. The van der Waals surface area contributed by atoms with E-state index < -0.39 is 0 Å². The molecule has 106 valence electrons. The Hall–Kier alpha value is -1.92. The summed E-state index contributed by atoms with van der Waals surface area (Å²) in [6.45, 7) is 0.289. The van der Waals surface area contributed by atoms with Gasteiger partial charge in [-0.05, 0) is 30.5 Å². The lowest BCUT2D eigenvalue weighted by molar-refractivity contribution is 0.174. The van der Waals surface area contributed by atoms with E-state index in [9.17, 15) is 0 Å². The molecule has 4 nitrogen and oxygen atoms in total. The van der Waals surface area contributed by atoms with Crippen molar-refractivity contribution in [2.24, 2.45) is 0 Å². The van der Waals surface area contributed by atoms with Gasteiger partial charge >= 0.3 is 0 Å². The topological polar surface area (TPSA) is 43.4 Å². The first-order chi connectivity index (χ1) is 10.3. The molecule has 4 rings (SSSR count). The van der Waals surface area contributed by atoms with Crippen LogP contribution in [0.3, 0.4) is 0 Å². The van der Waals surface area contributed by atoms with Crippen molar-refractivity contribution in [3.63, 3.8) is 0 Å². The van der Waals surface area contributed by atoms with Crippen molar-refractivity contribution in [1.82, 2.24) is 4.98 Å². The quantitative estimate of drug-likeness (QED) is 0.721. The first-order valence-corrected chi connectivity index (χ1v) is 8.48. The van der Waals surface area contributed by atoms with Crippen molar-refractivity contribution in [1.29, 1.82) is 0 Å². The Morgan fingerprint density at radius 3 is 3.00 bits per heavy atom. The minimum absolute atomic E-state index is 0.289. The van der Waals surface area contributed by atoms with Crippen LogP contribution in [0, 0.1) is 0 Å². The van der Waals surface area contributed by atoms with Crippen molar-refractivity contribution in [2.75, 3.05) is 18.4 Å². The van der Waals surface area contributed by atoms with Crippen LogP contribution in [0.15, 0.2) is 41.3 Å². The Bertz CT molecular complexity index is 817. The second kappa shape index (κ2) is 5.13. The van der Waals surface area contributed by atoms with Crippen molar-refractivity contribution >= 4 is 44.1 Å². The van der Waals surface area contributed by atoms with Crippen LogP contribution in [0.2, 0.25) is 0 Å². The van der Waals surface area contributed by atoms with Crippen LogP contribution >= 0.6 is 23.1 Å². The lowest BCUT2D eigenvalue weighted by Gasteiger charge is -2.03. The zero-order valence-corrected chi connectivity index (χ0v) is 12.9. The van der Waals surface area contributed by atoms with E-state index >= 15 is 0 Å². The molecule has 1 aliphatic heterocycles. The van der Waals surface area contributed by atoms with E-state index in [2.05, 4.69) is 34.8 Å². The SMILES string of the molecule is CSc1cccc2sc(Nc3ccc4c(c3)OCO4)nc12. The number of aromatic nitrogens is 1. The second-order valence-corrected chi connectivity index (χ2v) is 6.40. The minimum Gasteiger partial charge on any atom is -0.454 e. The highest BCUT2D eigenvalue weighted by Crippen LogP contribution is 2.37. The maximum absolute atomic E-state index is 5.39. The standard InChI is InChI=1S/C15H12N2O2S2/c1-20-12-3-2-4-13-14(12)17-15(21-13)16-9-5-6-10-11(7-9)19-8-18-10/h2-7H,8H2,1H3,(H,16,17). The Labute approximate surface area is 130 Å². The van der Waals surface area contributed by atoms with Gasteiger partial charge in [0.2, 0.25) is 6.79 Å². The van der Waals surface area contributed by atoms with E-state index in [1.54, 1.807) is 23.1 Å². The summed E-state index contributed by atoms with van der Waals surface area (Å²) >= 11 is 3.36. The van der Waals surface area contributed by atoms with Crippen molar-refractivity contribution < 1.29 is 9.47 Å². The summed E-state index contributed by atoms with van der Waals surface area (Å²) in [5.41, 5.74) is 2.00. The summed E-state index contributed by atoms with van der Waals surface area (Å²) in [5.74, 6) is 1.56. The lowest BCUT2D eigenvalue weighted by atomic mass is 10.3. The maximum Gasteiger partial charge on any atom is 0.231 e. The Kier molecular flexibility index (Phi) is 3.12. The Morgan fingerprint density at radius 1 is 1.19 bits per heavy atom. The van der Waals surface area contributed by atoms with Gasteiger partial charge in [0.05, 0.1) is 10.2 Å². The molecule has 0 saturated carbocycles. The largest absolute Gasteiger partial charge is 0.454 e. The van der Waals surface area contributed by atoms with Gasteiger partial charge in [0.25, 0.3) is 0 Å². The van der Waals surface area contributed by atoms with E-state index in [4.69, 9.17) is 9.47 Å². The highest BCUT2D eigenvalue weighted by molar-refractivity contribution is 7.98. The molecule has 0 radical (unpaired) electrons. The number of benzene rings is 2. The molecule has 2 heterocycles. The van der Waals surface area contributed by atoms with E-state index in [0.717, 1.165) is 27.8 Å². The fourth-order valence-electron chi connectivity index (χ4n) is 2.24. The zero-order chi connectivity index (χ0) is 14.2. The molecule has 0 bridgehead atoms. The van der Waals surface area contributed by atoms with Crippen LogP contribution < -0.4 is 14.8 Å². The average molecular weight is 316 g/mol. The summed E-state index contributed by atoms with van der Waals surface area (Å²) in [7, 11) is 0. The Balaban J connectivity index is 1.68. The number of nitrogens with one attached hydrogen (secondary N) is 1. The molecule has 0 saturated heterocycles. The second-order valence-electron chi connectivity index (χ2n) is 4.52. The van der Waals surface area contributed by atoms with Crippen molar-refractivity contribution in [3.05, 3.63) is 36.4 Å². The number of nitrogens with zero attached hydrogens (tertiary/aromatic N) is 1. The first kappa shape index (κ1) is 12.8. The molecule has 1 aromatic heterocycles. The molecule has 0 atom stereocenters. The van der Waals surface area contributed by atoms with Gasteiger partial charge < -0.3 is 14.8 Å². The van der Waals surface area contributed by atoms with E-state index in [0.29, 0.717) is 0 Å². The van der Waals surface area contributed by atoms with Gasteiger partial charge in [-0.25, -0.2) is 4.98 Å². The van der Waals surface area contributed by atoms with Gasteiger partial charge in [-0.3, -0.25) is 0 Å². The zero-order valence-electron chi connectivity index (χ0n) is 11.3. The third-order valence-corrected chi connectivity index (χ3v) is 4.93. The van der Waals surface area contributed by atoms with Crippen LogP contribution in [0.5, 0.6) is 11.5 Å². The van der Waals surface area contributed by atoms with Gasteiger partial charge in [-0.1, -0.05) is 17.4 Å². The summed E-state index contributed by atoms with van der Waals surface area (Å²) in [5, 5.41) is 4.22. The number of hydrogen-bond acceptors (Lipinski definition) is 6. The predicted molar refractivity (Wildman–Crippen MR) is 87.2 cm³/mol. The van der Waals surface area contributed by atoms with Gasteiger partial charge in [-0.15, -0.1) is 11.8 Å². The molecule has 0 fully saturated rings. The molecule has 0 amide bonds. The highest BCUT2D eigenvalue weighted by Gasteiger charge is 2.14. The fraction of sp³-hybridized carbons (Fsp3) is 0.133. The predicted octanol–water partition coefficient (Wildman–Crippen LogP) is 4.49. The normalized spacial score (nSPS) is 12.8. The van der Waals surface area contributed by atoms with Crippen molar-refractivity contribution in [3.8, 4) is 11.5 Å². The number of thiazole rings is 1. The minimum atomic E-state index is 0.289. The number of fused-ring (bicyclic) bond motifs is 2. The van der Waals surface area contributed by atoms with Crippen LogP contribution in [0.4, 0.5) is 10.8 Å². The van der Waals surface area contributed by atoms with Gasteiger partial charge in [0, 0.05) is 16.6 Å². The molecule has 0 aliphatic carbocycles. The third-order valence-electron chi connectivity index (χ3n) is 3.23. The average Bonchev–Trinajstić information content (AvgIpc) is 3.11. The molecule has 1 aliphatic rings. The number of rotatable bonds is 3. The molecule has 2 aromatic carbocycles. The molecular weight excluding hydrogens is 304 g/mol. The molecule has 0 spiro atoms. The van der Waals surface area contributed by atoms with Crippen LogP contribution in [-0.4, -0.2) is 18.0 Å². The number of para-hydroxylation sites is 1. The van der Waals surface area contributed by atoms with Crippen LogP contribution in [0.25, 0.3) is 10.2 Å². The monoisotopic (exact) mass is 316 g/mol.